The summed E-state index contributed by atoms with van der Waals surface area (Å²) in [5, 5.41) is 12.8. The molecule has 1 fully saturated rings. The van der Waals surface area contributed by atoms with Gasteiger partial charge in [-0.3, -0.25) is 0 Å². The average Bonchev–Trinajstić information content (AvgIpc) is 2.90. The third-order valence-electron chi connectivity index (χ3n) is 4.16. The van der Waals surface area contributed by atoms with Crippen LogP contribution >= 0.6 is 0 Å². The van der Waals surface area contributed by atoms with Crippen molar-refractivity contribution >= 4 is 0 Å². The first-order valence-electron chi connectivity index (χ1n) is 7.28. The summed E-state index contributed by atoms with van der Waals surface area (Å²) in [5.41, 5.74) is 1.35. The van der Waals surface area contributed by atoms with E-state index in [9.17, 15) is 5.11 Å². The van der Waals surface area contributed by atoms with Crippen LogP contribution in [0.4, 0.5) is 0 Å². The SMILES string of the molecule is CCNCC(Cc1ccc(O)cc1)C1CCCC1. The molecule has 1 aromatic rings. The standard InChI is InChI=1S/C16H25NO/c1-2-17-12-15(14-5-3-4-6-14)11-13-7-9-16(18)10-8-13/h7-10,14-15,17-18H,2-6,11-12H2,1H3. The van der Waals surface area contributed by atoms with Gasteiger partial charge < -0.3 is 10.4 Å². The molecule has 0 spiro atoms. The van der Waals surface area contributed by atoms with E-state index in [1.54, 1.807) is 12.1 Å². The monoisotopic (exact) mass is 247 g/mol. The molecule has 1 aliphatic carbocycles. The number of phenolic OH excluding ortho intramolecular Hbond substituents is 1. The van der Waals surface area contributed by atoms with Crippen LogP contribution in [-0.2, 0) is 6.42 Å². The molecule has 1 saturated carbocycles. The van der Waals surface area contributed by atoms with Crippen LogP contribution in [0.2, 0.25) is 0 Å². The zero-order valence-corrected chi connectivity index (χ0v) is 11.4. The van der Waals surface area contributed by atoms with E-state index in [0.29, 0.717) is 5.75 Å². The lowest BCUT2D eigenvalue weighted by atomic mass is 9.85. The van der Waals surface area contributed by atoms with Gasteiger partial charge in [0.2, 0.25) is 0 Å². The van der Waals surface area contributed by atoms with Crippen molar-refractivity contribution in [2.24, 2.45) is 11.8 Å². The molecule has 0 aliphatic heterocycles. The smallest absolute Gasteiger partial charge is 0.115 e. The highest BCUT2D eigenvalue weighted by molar-refractivity contribution is 5.26. The van der Waals surface area contributed by atoms with Crippen molar-refractivity contribution in [2.75, 3.05) is 13.1 Å². The third-order valence-corrected chi connectivity index (χ3v) is 4.16. The molecule has 0 heterocycles. The van der Waals surface area contributed by atoms with Crippen LogP contribution in [0.3, 0.4) is 0 Å². The van der Waals surface area contributed by atoms with Gasteiger partial charge in [-0.25, -0.2) is 0 Å². The fourth-order valence-corrected chi connectivity index (χ4v) is 3.10. The molecule has 2 heteroatoms. The average molecular weight is 247 g/mol. The minimum atomic E-state index is 0.364. The van der Waals surface area contributed by atoms with Crippen LogP contribution in [0.5, 0.6) is 5.75 Å². The number of benzene rings is 1. The number of phenols is 1. The first kappa shape index (κ1) is 13.4. The van der Waals surface area contributed by atoms with E-state index in [2.05, 4.69) is 24.4 Å². The molecule has 0 amide bonds. The number of nitrogens with one attached hydrogen (secondary N) is 1. The van der Waals surface area contributed by atoms with Gasteiger partial charge in [-0.05, 0) is 49.0 Å². The highest BCUT2D eigenvalue weighted by Crippen LogP contribution is 2.33. The lowest BCUT2D eigenvalue weighted by Crippen LogP contribution is -2.28. The Morgan fingerprint density at radius 1 is 1.22 bits per heavy atom. The molecule has 2 nitrogen and oxygen atoms in total. The van der Waals surface area contributed by atoms with Crippen molar-refractivity contribution in [3.8, 4) is 5.75 Å². The molecular weight excluding hydrogens is 222 g/mol. The van der Waals surface area contributed by atoms with Gasteiger partial charge in [-0.1, -0.05) is 44.7 Å². The summed E-state index contributed by atoms with van der Waals surface area (Å²) in [5.74, 6) is 2.00. The van der Waals surface area contributed by atoms with E-state index in [1.165, 1.54) is 31.2 Å². The van der Waals surface area contributed by atoms with E-state index < -0.39 is 0 Å². The molecule has 0 saturated heterocycles. The van der Waals surface area contributed by atoms with E-state index >= 15 is 0 Å². The van der Waals surface area contributed by atoms with Crippen molar-refractivity contribution in [3.63, 3.8) is 0 Å². The van der Waals surface area contributed by atoms with Gasteiger partial charge in [0.25, 0.3) is 0 Å². The Balaban J connectivity index is 1.97. The van der Waals surface area contributed by atoms with Gasteiger partial charge in [-0.15, -0.1) is 0 Å². The number of hydrogen-bond acceptors (Lipinski definition) is 2. The maximum Gasteiger partial charge on any atom is 0.115 e. The van der Waals surface area contributed by atoms with Crippen molar-refractivity contribution in [1.82, 2.24) is 5.32 Å². The summed E-state index contributed by atoms with van der Waals surface area (Å²) >= 11 is 0. The number of rotatable bonds is 6. The highest BCUT2D eigenvalue weighted by Gasteiger charge is 2.24. The molecule has 1 unspecified atom stereocenters. The largest absolute Gasteiger partial charge is 0.508 e. The summed E-state index contributed by atoms with van der Waals surface area (Å²) in [6, 6.07) is 7.72. The van der Waals surface area contributed by atoms with Crippen molar-refractivity contribution in [2.45, 2.75) is 39.0 Å². The van der Waals surface area contributed by atoms with E-state index in [0.717, 1.165) is 31.3 Å². The van der Waals surface area contributed by atoms with E-state index in [4.69, 9.17) is 0 Å². The van der Waals surface area contributed by atoms with E-state index in [-0.39, 0.29) is 0 Å². The lowest BCUT2D eigenvalue weighted by molar-refractivity contribution is 0.323. The number of aromatic hydroxyl groups is 1. The normalized spacial score (nSPS) is 18.1. The fraction of sp³-hybridized carbons (Fsp3) is 0.625. The first-order valence-corrected chi connectivity index (χ1v) is 7.28. The molecule has 0 aromatic heterocycles. The van der Waals surface area contributed by atoms with Crippen molar-refractivity contribution in [3.05, 3.63) is 29.8 Å². The maximum atomic E-state index is 9.33. The van der Waals surface area contributed by atoms with Crippen LogP contribution in [0.25, 0.3) is 0 Å². The molecule has 1 aromatic carbocycles. The van der Waals surface area contributed by atoms with Crippen molar-refractivity contribution < 1.29 is 5.11 Å². The summed E-state index contributed by atoms with van der Waals surface area (Å²) < 4.78 is 0. The van der Waals surface area contributed by atoms with E-state index in [1.807, 2.05) is 0 Å². The minimum absolute atomic E-state index is 0.364. The second-order valence-corrected chi connectivity index (χ2v) is 5.48. The predicted octanol–water partition coefficient (Wildman–Crippen LogP) is 3.35. The van der Waals surface area contributed by atoms with Gasteiger partial charge in [0.1, 0.15) is 5.75 Å². The van der Waals surface area contributed by atoms with Crippen molar-refractivity contribution in [1.29, 1.82) is 0 Å². The summed E-state index contributed by atoms with van der Waals surface area (Å²) in [6.07, 6.45) is 6.74. The molecule has 1 atom stereocenters. The Hall–Kier alpha value is -1.02. The van der Waals surface area contributed by atoms with Crippen LogP contribution in [0.1, 0.15) is 38.2 Å². The Bertz CT molecular complexity index is 341. The van der Waals surface area contributed by atoms with Gasteiger partial charge in [0, 0.05) is 0 Å². The first-order chi connectivity index (χ1) is 8.79. The topological polar surface area (TPSA) is 32.3 Å². The predicted molar refractivity (Wildman–Crippen MR) is 75.8 cm³/mol. The van der Waals surface area contributed by atoms with Gasteiger partial charge in [-0.2, -0.15) is 0 Å². The molecule has 100 valence electrons. The minimum Gasteiger partial charge on any atom is -0.508 e. The molecule has 2 N–H and O–H groups in total. The second kappa shape index (κ2) is 6.79. The Labute approximate surface area is 110 Å². The Morgan fingerprint density at radius 2 is 1.89 bits per heavy atom. The summed E-state index contributed by atoms with van der Waals surface area (Å²) in [6.45, 7) is 4.35. The van der Waals surface area contributed by atoms with Gasteiger partial charge >= 0.3 is 0 Å². The molecule has 0 bridgehead atoms. The molecule has 0 radical (unpaired) electrons. The van der Waals surface area contributed by atoms with Crippen LogP contribution in [0.15, 0.2) is 24.3 Å². The van der Waals surface area contributed by atoms with Gasteiger partial charge in [0.15, 0.2) is 0 Å². The third kappa shape index (κ3) is 3.74. The highest BCUT2D eigenvalue weighted by atomic mass is 16.3. The molecular formula is C16H25NO. The van der Waals surface area contributed by atoms with Crippen LogP contribution < -0.4 is 5.32 Å². The lowest BCUT2D eigenvalue weighted by Gasteiger charge is -2.24. The van der Waals surface area contributed by atoms with Crippen LogP contribution in [0, 0.1) is 11.8 Å². The Kier molecular flexibility index (Phi) is 5.06. The zero-order chi connectivity index (χ0) is 12.8. The maximum absolute atomic E-state index is 9.33. The van der Waals surface area contributed by atoms with Crippen LogP contribution in [-0.4, -0.2) is 18.2 Å². The quantitative estimate of drug-likeness (QED) is 0.808. The second-order valence-electron chi connectivity index (χ2n) is 5.48. The number of hydrogen-bond donors (Lipinski definition) is 2. The fourth-order valence-electron chi connectivity index (χ4n) is 3.10. The van der Waals surface area contributed by atoms with Gasteiger partial charge in [0.05, 0.1) is 0 Å². The molecule has 18 heavy (non-hydrogen) atoms. The molecule has 2 rings (SSSR count). The molecule has 1 aliphatic rings. The summed E-state index contributed by atoms with van der Waals surface area (Å²) in [4.78, 5) is 0. The summed E-state index contributed by atoms with van der Waals surface area (Å²) in [7, 11) is 0. The Morgan fingerprint density at radius 3 is 2.50 bits per heavy atom. The zero-order valence-electron chi connectivity index (χ0n) is 11.4.